The molecule has 4 nitrogen and oxygen atoms in total. The molecule has 1 aromatic carbocycles. The summed E-state index contributed by atoms with van der Waals surface area (Å²) in [6.07, 6.45) is 4.84. The Hall–Kier alpha value is -1.81. The van der Waals surface area contributed by atoms with Crippen LogP contribution in [-0.4, -0.2) is 30.9 Å². The molecule has 0 heterocycles. The number of ether oxygens (including phenoxy) is 2. The standard InChI is InChI=1S/C16H22O4/c1-3-4-11-20-14-9-5-7-13(12-14)8-6-10-15(17)16(18)19-2/h5-9,12,15,17H,3-4,10-11H2,1-2H3/b8-6+/t15-/m1/s1. The Kier molecular flexibility index (Phi) is 7.43. The molecule has 4 heteroatoms. The van der Waals surface area contributed by atoms with Crippen molar-refractivity contribution in [2.75, 3.05) is 13.7 Å². The fourth-order valence-electron chi connectivity index (χ4n) is 1.61. The van der Waals surface area contributed by atoms with Crippen molar-refractivity contribution >= 4 is 12.0 Å². The van der Waals surface area contributed by atoms with E-state index in [1.165, 1.54) is 7.11 Å². The Labute approximate surface area is 120 Å². The second-order valence-electron chi connectivity index (χ2n) is 4.45. The quantitative estimate of drug-likeness (QED) is 0.587. The highest BCUT2D eigenvalue weighted by atomic mass is 16.5. The number of rotatable bonds is 8. The van der Waals surface area contributed by atoms with E-state index in [0.717, 1.165) is 24.2 Å². The summed E-state index contributed by atoms with van der Waals surface area (Å²) in [5.41, 5.74) is 0.969. The van der Waals surface area contributed by atoms with Crippen LogP contribution in [-0.2, 0) is 9.53 Å². The first-order chi connectivity index (χ1) is 9.67. The molecule has 0 unspecified atom stereocenters. The van der Waals surface area contributed by atoms with E-state index in [1.54, 1.807) is 6.08 Å². The van der Waals surface area contributed by atoms with Gasteiger partial charge in [0, 0.05) is 6.42 Å². The van der Waals surface area contributed by atoms with Gasteiger partial charge in [-0.1, -0.05) is 37.6 Å². The van der Waals surface area contributed by atoms with Crippen LogP contribution < -0.4 is 4.74 Å². The van der Waals surface area contributed by atoms with Crippen LogP contribution in [0.3, 0.4) is 0 Å². The van der Waals surface area contributed by atoms with Gasteiger partial charge in [0.15, 0.2) is 6.10 Å². The lowest BCUT2D eigenvalue weighted by Crippen LogP contribution is -2.20. The van der Waals surface area contributed by atoms with Crippen molar-refractivity contribution in [2.24, 2.45) is 0 Å². The van der Waals surface area contributed by atoms with E-state index in [1.807, 2.05) is 30.3 Å². The number of aliphatic hydroxyl groups is 1. The SMILES string of the molecule is CCCCOc1cccc(/C=C/C[C@@H](O)C(=O)OC)c1. The molecule has 0 aliphatic rings. The van der Waals surface area contributed by atoms with Gasteiger partial charge in [-0.25, -0.2) is 4.79 Å². The highest BCUT2D eigenvalue weighted by molar-refractivity contribution is 5.74. The molecule has 0 amide bonds. The second kappa shape index (κ2) is 9.15. The molecule has 0 bridgehead atoms. The van der Waals surface area contributed by atoms with Crippen molar-refractivity contribution in [2.45, 2.75) is 32.3 Å². The largest absolute Gasteiger partial charge is 0.494 e. The van der Waals surface area contributed by atoms with E-state index in [0.29, 0.717) is 6.61 Å². The first-order valence-electron chi connectivity index (χ1n) is 6.82. The molecule has 1 rings (SSSR count). The Morgan fingerprint density at radius 2 is 2.25 bits per heavy atom. The first-order valence-corrected chi connectivity index (χ1v) is 6.82. The van der Waals surface area contributed by atoms with Gasteiger partial charge in [-0.3, -0.25) is 0 Å². The van der Waals surface area contributed by atoms with Crippen molar-refractivity contribution < 1.29 is 19.4 Å². The highest BCUT2D eigenvalue weighted by Gasteiger charge is 2.12. The molecule has 1 N–H and O–H groups in total. The molecule has 0 spiro atoms. The molecule has 0 saturated carbocycles. The zero-order valence-electron chi connectivity index (χ0n) is 12.0. The predicted octanol–water partition coefficient (Wildman–Crippen LogP) is 2.80. The third-order valence-electron chi connectivity index (χ3n) is 2.77. The molecule has 1 aromatic rings. The lowest BCUT2D eigenvalue weighted by atomic mass is 10.1. The van der Waals surface area contributed by atoms with Crippen LogP contribution in [0.25, 0.3) is 6.08 Å². The molecule has 1 atom stereocenters. The molecule has 0 aromatic heterocycles. The Balaban J connectivity index is 2.50. The Bertz CT molecular complexity index is 440. The third kappa shape index (κ3) is 5.89. The summed E-state index contributed by atoms with van der Waals surface area (Å²) < 4.78 is 10.1. The van der Waals surface area contributed by atoms with E-state index < -0.39 is 12.1 Å². The fourth-order valence-corrected chi connectivity index (χ4v) is 1.61. The zero-order valence-corrected chi connectivity index (χ0v) is 12.0. The molecule has 0 aliphatic carbocycles. The van der Waals surface area contributed by atoms with Crippen molar-refractivity contribution in [1.82, 2.24) is 0 Å². The molecular weight excluding hydrogens is 256 g/mol. The van der Waals surface area contributed by atoms with Crippen LogP contribution in [0, 0.1) is 0 Å². The Morgan fingerprint density at radius 1 is 1.45 bits per heavy atom. The minimum Gasteiger partial charge on any atom is -0.494 e. The van der Waals surface area contributed by atoms with Gasteiger partial charge in [-0.2, -0.15) is 0 Å². The van der Waals surface area contributed by atoms with Crippen LogP contribution in [0.15, 0.2) is 30.3 Å². The zero-order chi connectivity index (χ0) is 14.8. The number of benzene rings is 1. The van der Waals surface area contributed by atoms with Gasteiger partial charge in [0.05, 0.1) is 13.7 Å². The molecule has 0 radical (unpaired) electrons. The van der Waals surface area contributed by atoms with Crippen LogP contribution in [0.2, 0.25) is 0 Å². The maximum Gasteiger partial charge on any atom is 0.335 e. The lowest BCUT2D eigenvalue weighted by molar-refractivity contribution is -0.150. The number of hydrogen-bond donors (Lipinski definition) is 1. The summed E-state index contributed by atoms with van der Waals surface area (Å²) in [6.45, 7) is 2.83. The van der Waals surface area contributed by atoms with Gasteiger partial charge in [0.2, 0.25) is 0 Å². The number of aliphatic hydroxyl groups excluding tert-OH is 1. The smallest absolute Gasteiger partial charge is 0.335 e. The molecule has 20 heavy (non-hydrogen) atoms. The van der Waals surface area contributed by atoms with Gasteiger partial charge in [0.25, 0.3) is 0 Å². The normalized spacial score (nSPS) is 12.3. The number of methoxy groups -OCH3 is 1. The van der Waals surface area contributed by atoms with Crippen LogP contribution in [0.1, 0.15) is 31.7 Å². The lowest BCUT2D eigenvalue weighted by Gasteiger charge is -2.06. The predicted molar refractivity (Wildman–Crippen MR) is 78.5 cm³/mol. The molecule has 110 valence electrons. The van der Waals surface area contributed by atoms with Crippen LogP contribution in [0.5, 0.6) is 5.75 Å². The number of carbonyl (C=O) groups excluding carboxylic acids is 1. The van der Waals surface area contributed by atoms with E-state index in [2.05, 4.69) is 11.7 Å². The summed E-state index contributed by atoms with van der Waals surface area (Å²) in [7, 11) is 1.26. The fraction of sp³-hybridized carbons (Fsp3) is 0.438. The van der Waals surface area contributed by atoms with Crippen molar-refractivity contribution in [3.05, 3.63) is 35.9 Å². The van der Waals surface area contributed by atoms with Crippen LogP contribution in [0.4, 0.5) is 0 Å². The van der Waals surface area contributed by atoms with Gasteiger partial charge in [0.1, 0.15) is 5.75 Å². The van der Waals surface area contributed by atoms with Crippen molar-refractivity contribution in [1.29, 1.82) is 0 Å². The Morgan fingerprint density at radius 3 is 2.95 bits per heavy atom. The van der Waals surface area contributed by atoms with E-state index >= 15 is 0 Å². The monoisotopic (exact) mass is 278 g/mol. The average Bonchev–Trinajstić information content (AvgIpc) is 2.47. The maximum atomic E-state index is 11.0. The summed E-state index contributed by atoms with van der Waals surface area (Å²) in [5.74, 6) is 0.209. The van der Waals surface area contributed by atoms with Gasteiger partial charge < -0.3 is 14.6 Å². The second-order valence-corrected chi connectivity index (χ2v) is 4.45. The van der Waals surface area contributed by atoms with Crippen LogP contribution >= 0.6 is 0 Å². The van der Waals surface area contributed by atoms with Gasteiger partial charge in [-0.05, 0) is 24.1 Å². The van der Waals surface area contributed by atoms with E-state index in [9.17, 15) is 9.90 Å². The number of carbonyl (C=O) groups is 1. The molecule has 0 aliphatic heterocycles. The van der Waals surface area contributed by atoms with E-state index in [-0.39, 0.29) is 6.42 Å². The minimum absolute atomic E-state index is 0.230. The summed E-state index contributed by atoms with van der Waals surface area (Å²) >= 11 is 0. The molecule has 0 saturated heterocycles. The average molecular weight is 278 g/mol. The van der Waals surface area contributed by atoms with Crippen molar-refractivity contribution in [3.8, 4) is 5.75 Å². The molecular formula is C16H22O4. The topological polar surface area (TPSA) is 55.8 Å². The maximum absolute atomic E-state index is 11.0. The van der Waals surface area contributed by atoms with Crippen molar-refractivity contribution in [3.63, 3.8) is 0 Å². The van der Waals surface area contributed by atoms with Gasteiger partial charge >= 0.3 is 5.97 Å². The summed E-state index contributed by atoms with van der Waals surface area (Å²) in [4.78, 5) is 11.0. The summed E-state index contributed by atoms with van der Waals surface area (Å²) in [5, 5.41) is 9.44. The van der Waals surface area contributed by atoms with Gasteiger partial charge in [-0.15, -0.1) is 0 Å². The molecule has 0 fully saturated rings. The summed E-state index contributed by atoms with van der Waals surface area (Å²) in [6, 6.07) is 7.69. The number of esters is 1. The third-order valence-corrected chi connectivity index (χ3v) is 2.77. The van der Waals surface area contributed by atoms with E-state index in [4.69, 9.17) is 4.74 Å². The number of hydrogen-bond acceptors (Lipinski definition) is 4. The first kappa shape index (κ1) is 16.2. The highest BCUT2D eigenvalue weighted by Crippen LogP contribution is 2.15. The minimum atomic E-state index is -1.11. The number of unbranched alkanes of at least 4 members (excludes halogenated alkanes) is 1.